The number of benzene rings is 2. The number of rotatable bonds is 6. The maximum atomic E-state index is 11.6. The van der Waals surface area contributed by atoms with Crippen molar-refractivity contribution in [2.24, 2.45) is 0 Å². The number of quaternary nitrogens is 1. The monoisotopic (exact) mass is 667 g/mol. The van der Waals surface area contributed by atoms with Gasteiger partial charge in [-0.05, 0) is 43.7 Å². The summed E-state index contributed by atoms with van der Waals surface area (Å²) in [4.78, 5) is 2.34. The summed E-state index contributed by atoms with van der Waals surface area (Å²) >= 11 is 3.66. The molecule has 7 heteroatoms. The van der Waals surface area contributed by atoms with Crippen LogP contribution in [0.25, 0.3) is 0 Å². The highest BCUT2D eigenvalue weighted by Crippen LogP contribution is 2.51. The van der Waals surface area contributed by atoms with Crippen molar-refractivity contribution in [3.05, 3.63) is 104 Å². The zero-order valence-corrected chi connectivity index (χ0v) is 30.0. The second kappa shape index (κ2) is 12.5. The van der Waals surface area contributed by atoms with Crippen LogP contribution in [0.1, 0.15) is 59.1 Å². The number of nitriles is 2. The van der Waals surface area contributed by atoms with E-state index in [-0.39, 0.29) is 22.2 Å². The number of halogens is 1. The highest BCUT2D eigenvalue weighted by Gasteiger charge is 2.46. The van der Waals surface area contributed by atoms with Crippen molar-refractivity contribution in [2.45, 2.75) is 58.8 Å². The fourth-order valence-corrected chi connectivity index (χ4v) is 7.10. The molecule has 0 bridgehead atoms. The molecule has 2 aromatic rings. The first-order valence-corrected chi connectivity index (χ1v) is 16.4. The number of aliphatic hydroxyl groups excluding tert-OH is 1. The summed E-state index contributed by atoms with van der Waals surface area (Å²) in [6, 6.07) is 18.9. The molecule has 0 spiro atoms. The number of para-hydroxylation sites is 1. The zero-order chi connectivity index (χ0) is 33.5. The lowest BCUT2D eigenvalue weighted by Crippen LogP contribution is -2.37. The summed E-state index contributed by atoms with van der Waals surface area (Å²) in [7, 11) is 8.61. The largest absolute Gasteiger partial charge is 0.507 e. The molecule has 45 heavy (non-hydrogen) atoms. The normalized spacial score (nSPS) is 19.5. The van der Waals surface area contributed by atoms with Gasteiger partial charge < -0.3 is 14.5 Å². The van der Waals surface area contributed by atoms with Crippen LogP contribution in [0.5, 0.6) is 0 Å². The number of fused-ring (bicyclic) bond motifs is 2. The van der Waals surface area contributed by atoms with Gasteiger partial charge in [-0.2, -0.15) is 15.1 Å². The van der Waals surface area contributed by atoms with Gasteiger partial charge in [0, 0.05) is 68.7 Å². The minimum Gasteiger partial charge on any atom is -0.507 e. The molecule has 2 aliphatic heterocycles. The summed E-state index contributed by atoms with van der Waals surface area (Å²) in [6.45, 7) is 14.5. The third kappa shape index (κ3) is 5.92. The first kappa shape index (κ1) is 34.0. The summed E-state index contributed by atoms with van der Waals surface area (Å²) in [5.41, 5.74) is 7.56. The van der Waals surface area contributed by atoms with Crippen molar-refractivity contribution < 1.29 is 14.2 Å². The summed E-state index contributed by atoms with van der Waals surface area (Å²) < 4.78 is 4.02. The lowest BCUT2D eigenvalue weighted by Gasteiger charge is -2.32. The predicted octanol–water partition coefficient (Wildman–Crippen LogP) is 8.36. The van der Waals surface area contributed by atoms with Crippen LogP contribution >= 0.6 is 15.9 Å². The van der Waals surface area contributed by atoms with E-state index in [4.69, 9.17) is 0 Å². The van der Waals surface area contributed by atoms with E-state index in [9.17, 15) is 15.6 Å². The van der Waals surface area contributed by atoms with Crippen LogP contribution in [-0.2, 0) is 10.8 Å². The molecular formula is C38H46BrN5O+2. The topological polar surface area (TPSA) is 74.1 Å². The van der Waals surface area contributed by atoms with Crippen LogP contribution in [0.15, 0.2) is 92.8 Å². The SMILES string of the molecule is CC.C[N+]1=C(/C=C2C(O)=C(/C=C3/N(CCC[N+](C)(C)C)c4ccc(Br)cc4C3(C)C)C\2=C(C#N)C#N)C(C)(C)c2ccccc21. The van der Waals surface area contributed by atoms with Crippen LogP contribution in [0, 0.1) is 22.7 Å². The molecule has 0 saturated heterocycles. The first-order chi connectivity index (χ1) is 21.1. The average molecular weight is 669 g/mol. The van der Waals surface area contributed by atoms with Crippen LogP contribution in [-0.4, -0.2) is 61.2 Å². The van der Waals surface area contributed by atoms with Crippen LogP contribution in [0.4, 0.5) is 11.4 Å². The van der Waals surface area contributed by atoms with Crippen molar-refractivity contribution in [3.63, 3.8) is 0 Å². The average Bonchev–Trinajstić information content (AvgIpc) is 3.32. The van der Waals surface area contributed by atoms with Gasteiger partial charge in [0.15, 0.2) is 5.71 Å². The fraction of sp³-hybridized carbons (Fsp3) is 0.395. The molecule has 0 radical (unpaired) electrons. The molecule has 0 saturated carbocycles. The zero-order valence-electron chi connectivity index (χ0n) is 28.4. The van der Waals surface area contributed by atoms with Gasteiger partial charge in [0.25, 0.3) is 0 Å². The number of nitrogens with zero attached hydrogens (tertiary/aromatic N) is 5. The Labute approximate surface area is 277 Å². The molecule has 1 aliphatic carbocycles. The number of hydrogen-bond donors (Lipinski definition) is 1. The minimum absolute atomic E-state index is 0.000106. The number of anilines is 1. The molecule has 2 aromatic carbocycles. The first-order valence-electron chi connectivity index (χ1n) is 15.6. The third-order valence-electron chi connectivity index (χ3n) is 9.09. The van der Waals surface area contributed by atoms with Gasteiger partial charge in [-0.15, -0.1) is 0 Å². The molecule has 0 amide bonds. The Bertz CT molecular complexity index is 1760. The van der Waals surface area contributed by atoms with Crippen LogP contribution in [0.2, 0.25) is 0 Å². The Balaban J connectivity index is 0.00000226. The van der Waals surface area contributed by atoms with Crippen LogP contribution in [0.3, 0.4) is 0 Å². The van der Waals surface area contributed by atoms with Crippen molar-refractivity contribution in [3.8, 4) is 12.1 Å². The van der Waals surface area contributed by atoms with Gasteiger partial charge in [-0.1, -0.05) is 61.8 Å². The van der Waals surface area contributed by atoms with E-state index < -0.39 is 0 Å². The van der Waals surface area contributed by atoms with Gasteiger partial charge in [0.05, 0.1) is 33.1 Å². The smallest absolute Gasteiger partial charge is 0.209 e. The lowest BCUT2D eigenvalue weighted by atomic mass is 9.74. The Morgan fingerprint density at radius 1 is 0.978 bits per heavy atom. The standard InChI is InChI=1S/C36H39BrN5O.C2H6/c1-35(2)27-12-9-10-13-29(27)40(5)31(35)19-25-33(23(21-38)22-39)26(34(25)43)20-32-36(3,4)28-18-24(37)14-15-30(28)41(32)16-11-17-42(6,7)8;1-2/h9-10,12-15,18-20H,11,16-17H2,1-8H3;1-2H3/q+1;/p+1. The van der Waals surface area contributed by atoms with E-state index in [0.29, 0.717) is 16.7 Å². The van der Waals surface area contributed by atoms with Crippen molar-refractivity contribution in [1.82, 2.24) is 0 Å². The molecule has 1 N–H and O–H groups in total. The fourth-order valence-electron chi connectivity index (χ4n) is 6.74. The van der Waals surface area contributed by atoms with Crippen molar-refractivity contribution in [1.29, 1.82) is 10.5 Å². The molecule has 0 aromatic heterocycles. The molecule has 3 aliphatic rings. The van der Waals surface area contributed by atoms with Crippen LogP contribution < -0.4 is 4.90 Å². The maximum absolute atomic E-state index is 11.6. The maximum Gasteiger partial charge on any atom is 0.209 e. The van der Waals surface area contributed by atoms with E-state index in [1.165, 1.54) is 11.1 Å². The van der Waals surface area contributed by atoms with E-state index in [1.807, 2.05) is 45.2 Å². The molecule has 0 fully saturated rings. The van der Waals surface area contributed by atoms with Crippen molar-refractivity contribution >= 4 is 33.0 Å². The molecule has 234 valence electrons. The molecule has 6 nitrogen and oxygen atoms in total. The molecule has 5 rings (SSSR count). The Kier molecular flexibility index (Phi) is 9.41. The highest BCUT2D eigenvalue weighted by molar-refractivity contribution is 9.10. The van der Waals surface area contributed by atoms with Gasteiger partial charge in [0.2, 0.25) is 5.69 Å². The Morgan fingerprint density at radius 2 is 1.62 bits per heavy atom. The van der Waals surface area contributed by atoms with E-state index in [2.05, 4.69) is 117 Å². The van der Waals surface area contributed by atoms with Crippen molar-refractivity contribution in [2.75, 3.05) is 46.2 Å². The highest BCUT2D eigenvalue weighted by atomic mass is 79.9. The van der Waals surface area contributed by atoms with Gasteiger partial charge >= 0.3 is 0 Å². The predicted molar refractivity (Wildman–Crippen MR) is 188 cm³/mol. The summed E-state index contributed by atoms with van der Waals surface area (Å²) in [5, 5.41) is 31.6. The van der Waals surface area contributed by atoms with Gasteiger partial charge in [-0.3, -0.25) is 0 Å². The molecule has 0 unspecified atom stereocenters. The second-order valence-corrected chi connectivity index (χ2v) is 14.6. The minimum atomic E-state index is -0.364. The number of allylic oxidation sites excluding steroid dienone is 6. The number of aliphatic hydroxyl groups is 1. The van der Waals surface area contributed by atoms with E-state index >= 15 is 0 Å². The lowest BCUT2D eigenvalue weighted by molar-refractivity contribution is -0.870. The molecule has 2 heterocycles. The Hall–Kier alpha value is -3.91. The number of hydrogen-bond acceptors (Lipinski definition) is 4. The Morgan fingerprint density at radius 3 is 2.22 bits per heavy atom. The van der Waals surface area contributed by atoms with Gasteiger partial charge in [-0.25, -0.2) is 0 Å². The van der Waals surface area contributed by atoms with Gasteiger partial charge in [0.1, 0.15) is 30.5 Å². The van der Waals surface area contributed by atoms with E-state index in [0.717, 1.165) is 51.2 Å². The summed E-state index contributed by atoms with van der Waals surface area (Å²) in [5.74, 6) is 0.109. The molecule has 0 atom stereocenters. The third-order valence-corrected chi connectivity index (χ3v) is 9.58. The quantitative estimate of drug-likeness (QED) is 0.191. The molecular weight excluding hydrogens is 622 g/mol. The van der Waals surface area contributed by atoms with E-state index in [1.54, 1.807) is 0 Å². The summed E-state index contributed by atoms with van der Waals surface area (Å²) in [6.07, 6.45) is 4.93. The second-order valence-electron chi connectivity index (χ2n) is 13.7.